The summed E-state index contributed by atoms with van der Waals surface area (Å²) in [6.07, 6.45) is 0.260. The number of nitrogens with two attached hydrogens (primary N) is 1. The van der Waals surface area contributed by atoms with Gasteiger partial charge in [-0.25, -0.2) is 0 Å². The Morgan fingerprint density at radius 1 is 1.64 bits per heavy atom. The summed E-state index contributed by atoms with van der Waals surface area (Å²) < 4.78 is 0. The third-order valence-corrected chi connectivity index (χ3v) is 2.33. The molecule has 1 atom stereocenters. The third kappa shape index (κ3) is 2.72. The highest BCUT2D eigenvalue weighted by Gasteiger charge is 2.13. The number of benzene rings is 1. The minimum Gasteiger partial charge on any atom is -0.480 e. The van der Waals surface area contributed by atoms with Crippen LogP contribution in [0.2, 0.25) is 5.02 Å². The average Bonchev–Trinajstić information content (AvgIpc) is 2.11. The molecule has 14 heavy (non-hydrogen) atoms. The fourth-order valence-electron chi connectivity index (χ4n) is 1.18. The lowest BCUT2D eigenvalue weighted by Crippen LogP contribution is -2.32. The molecule has 0 fully saturated rings. The normalized spacial score (nSPS) is 12.5. The number of carboxylic acids is 1. The van der Waals surface area contributed by atoms with Gasteiger partial charge in [0.25, 0.3) is 0 Å². The molecule has 0 aliphatic carbocycles. The average molecular weight is 214 g/mol. The number of carbonyl (C=O) groups is 1. The van der Waals surface area contributed by atoms with E-state index in [1.807, 2.05) is 19.1 Å². The van der Waals surface area contributed by atoms with Crippen LogP contribution in [0, 0.1) is 6.92 Å². The van der Waals surface area contributed by atoms with Crippen molar-refractivity contribution in [3.63, 3.8) is 0 Å². The number of halogens is 1. The molecular weight excluding hydrogens is 202 g/mol. The molecule has 0 heterocycles. The van der Waals surface area contributed by atoms with Crippen molar-refractivity contribution in [2.75, 3.05) is 0 Å². The lowest BCUT2D eigenvalue weighted by Gasteiger charge is -2.08. The molecule has 0 saturated heterocycles. The van der Waals surface area contributed by atoms with Crippen LogP contribution in [0.1, 0.15) is 11.1 Å². The van der Waals surface area contributed by atoms with Crippen LogP contribution >= 0.6 is 11.6 Å². The largest absolute Gasteiger partial charge is 0.480 e. The van der Waals surface area contributed by atoms with E-state index >= 15 is 0 Å². The maximum Gasteiger partial charge on any atom is 0.320 e. The highest BCUT2D eigenvalue weighted by molar-refractivity contribution is 6.31. The summed E-state index contributed by atoms with van der Waals surface area (Å²) in [4.78, 5) is 10.5. The molecule has 0 aliphatic heterocycles. The van der Waals surface area contributed by atoms with Gasteiger partial charge in [-0.05, 0) is 25.0 Å². The van der Waals surface area contributed by atoms with Crippen LogP contribution in [0.5, 0.6) is 0 Å². The third-order valence-electron chi connectivity index (χ3n) is 1.96. The number of rotatable bonds is 3. The Morgan fingerprint density at radius 3 is 2.86 bits per heavy atom. The predicted octanol–water partition coefficient (Wildman–Crippen LogP) is 1.60. The summed E-state index contributed by atoms with van der Waals surface area (Å²) in [7, 11) is 0. The first kappa shape index (κ1) is 11.0. The molecule has 1 aromatic rings. The van der Waals surface area contributed by atoms with Crippen molar-refractivity contribution in [1.82, 2.24) is 0 Å². The van der Waals surface area contributed by atoms with Gasteiger partial charge >= 0.3 is 5.97 Å². The molecule has 0 radical (unpaired) electrons. The van der Waals surface area contributed by atoms with Gasteiger partial charge in [-0.2, -0.15) is 0 Å². The van der Waals surface area contributed by atoms with Crippen molar-refractivity contribution in [2.45, 2.75) is 19.4 Å². The van der Waals surface area contributed by atoms with Gasteiger partial charge in [-0.3, -0.25) is 4.79 Å². The van der Waals surface area contributed by atoms with Gasteiger partial charge in [0, 0.05) is 5.02 Å². The zero-order chi connectivity index (χ0) is 10.7. The number of aryl methyl sites for hydroxylation is 1. The minimum atomic E-state index is -1.01. The van der Waals surface area contributed by atoms with Crippen LogP contribution in [0.25, 0.3) is 0 Å². The van der Waals surface area contributed by atoms with E-state index in [0.717, 1.165) is 11.1 Å². The second-order valence-corrected chi connectivity index (χ2v) is 3.65. The fourth-order valence-corrected chi connectivity index (χ4v) is 1.38. The zero-order valence-corrected chi connectivity index (χ0v) is 8.58. The van der Waals surface area contributed by atoms with E-state index in [2.05, 4.69) is 0 Å². The van der Waals surface area contributed by atoms with E-state index in [0.29, 0.717) is 5.02 Å². The molecule has 0 aliphatic rings. The smallest absolute Gasteiger partial charge is 0.320 e. The molecule has 0 aromatic heterocycles. The number of hydrogen-bond acceptors (Lipinski definition) is 2. The highest BCUT2D eigenvalue weighted by atomic mass is 35.5. The molecule has 0 amide bonds. The van der Waals surface area contributed by atoms with Crippen LogP contribution in [0.15, 0.2) is 18.2 Å². The molecule has 1 rings (SSSR count). The van der Waals surface area contributed by atoms with Gasteiger partial charge in [0.05, 0.1) is 0 Å². The first-order valence-electron chi connectivity index (χ1n) is 4.24. The van der Waals surface area contributed by atoms with Gasteiger partial charge in [0.15, 0.2) is 0 Å². The van der Waals surface area contributed by atoms with E-state index in [4.69, 9.17) is 22.4 Å². The molecule has 76 valence electrons. The Hall–Kier alpha value is -1.06. The van der Waals surface area contributed by atoms with E-state index in [-0.39, 0.29) is 6.42 Å². The molecule has 1 unspecified atom stereocenters. The standard InChI is InChI=1S/C10H12ClNO2/c1-6-2-3-8(11)7(4-6)5-9(12)10(13)14/h2-4,9H,5,12H2,1H3,(H,13,14). The van der Waals surface area contributed by atoms with Crippen molar-refractivity contribution in [1.29, 1.82) is 0 Å². The Balaban J connectivity index is 2.85. The molecule has 3 N–H and O–H groups in total. The fraction of sp³-hybridized carbons (Fsp3) is 0.300. The van der Waals surface area contributed by atoms with Gasteiger partial charge in [0.2, 0.25) is 0 Å². The van der Waals surface area contributed by atoms with E-state index in [9.17, 15) is 4.79 Å². The van der Waals surface area contributed by atoms with Crippen LogP contribution in [0.4, 0.5) is 0 Å². The monoisotopic (exact) mass is 213 g/mol. The Bertz CT molecular complexity index is 352. The van der Waals surface area contributed by atoms with Gasteiger partial charge in [-0.1, -0.05) is 29.3 Å². The molecular formula is C10H12ClNO2. The lowest BCUT2D eigenvalue weighted by atomic mass is 10.0. The Kier molecular flexibility index (Phi) is 3.49. The maximum atomic E-state index is 10.5. The summed E-state index contributed by atoms with van der Waals surface area (Å²) in [5, 5.41) is 9.20. The number of carboxylic acid groups (broad SMARTS) is 1. The Labute approximate surface area is 87.5 Å². The van der Waals surface area contributed by atoms with Gasteiger partial charge in [-0.15, -0.1) is 0 Å². The van der Waals surface area contributed by atoms with Crippen molar-refractivity contribution in [3.05, 3.63) is 34.3 Å². The molecule has 0 bridgehead atoms. The lowest BCUT2D eigenvalue weighted by molar-refractivity contribution is -0.138. The summed E-state index contributed by atoms with van der Waals surface area (Å²) >= 11 is 5.90. The summed E-state index contributed by atoms with van der Waals surface area (Å²) in [6, 6.07) is 4.58. The summed E-state index contributed by atoms with van der Waals surface area (Å²) in [5.74, 6) is -1.01. The van der Waals surface area contributed by atoms with Crippen molar-refractivity contribution >= 4 is 17.6 Å². The highest BCUT2D eigenvalue weighted by Crippen LogP contribution is 2.18. The quantitative estimate of drug-likeness (QED) is 0.802. The Morgan fingerprint density at radius 2 is 2.29 bits per heavy atom. The zero-order valence-electron chi connectivity index (χ0n) is 7.83. The second-order valence-electron chi connectivity index (χ2n) is 3.24. The molecule has 3 nitrogen and oxygen atoms in total. The van der Waals surface area contributed by atoms with Crippen molar-refractivity contribution < 1.29 is 9.90 Å². The van der Waals surface area contributed by atoms with E-state index < -0.39 is 12.0 Å². The van der Waals surface area contributed by atoms with E-state index in [1.54, 1.807) is 6.07 Å². The van der Waals surface area contributed by atoms with Gasteiger partial charge in [0.1, 0.15) is 6.04 Å². The van der Waals surface area contributed by atoms with Gasteiger partial charge < -0.3 is 10.8 Å². The predicted molar refractivity (Wildman–Crippen MR) is 55.5 cm³/mol. The maximum absolute atomic E-state index is 10.5. The van der Waals surface area contributed by atoms with Crippen molar-refractivity contribution in [3.8, 4) is 0 Å². The van der Waals surface area contributed by atoms with Crippen LogP contribution in [-0.2, 0) is 11.2 Å². The minimum absolute atomic E-state index is 0.260. The molecule has 4 heteroatoms. The topological polar surface area (TPSA) is 63.3 Å². The number of aliphatic carboxylic acids is 1. The number of hydrogen-bond donors (Lipinski definition) is 2. The first-order chi connectivity index (χ1) is 6.50. The first-order valence-corrected chi connectivity index (χ1v) is 4.62. The van der Waals surface area contributed by atoms with E-state index in [1.165, 1.54) is 0 Å². The van der Waals surface area contributed by atoms with Crippen molar-refractivity contribution in [2.24, 2.45) is 5.73 Å². The molecule has 0 saturated carbocycles. The van der Waals surface area contributed by atoms with Crippen LogP contribution in [-0.4, -0.2) is 17.1 Å². The summed E-state index contributed by atoms with van der Waals surface area (Å²) in [6.45, 7) is 1.92. The second kappa shape index (κ2) is 4.44. The van der Waals surface area contributed by atoms with Crippen LogP contribution < -0.4 is 5.73 Å². The molecule has 0 spiro atoms. The SMILES string of the molecule is Cc1ccc(Cl)c(CC(N)C(=O)O)c1. The molecule has 1 aromatic carbocycles. The van der Waals surface area contributed by atoms with Crippen LogP contribution in [0.3, 0.4) is 0 Å². The summed E-state index contributed by atoms with van der Waals surface area (Å²) in [5.41, 5.74) is 7.23.